The molecule has 1 aromatic carbocycles. The van der Waals surface area contributed by atoms with Gasteiger partial charge >= 0.3 is 0 Å². The van der Waals surface area contributed by atoms with Crippen LogP contribution in [-0.2, 0) is 7.05 Å². The van der Waals surface area contributed by atoms with Crippen LogP contribution in [0.25, 0.3) is 10.9 Å². The van der Waals surface area contributed by atoms with E-state index in [-0.39, 0.29) is 5.62 Å². The fourth-order valence-electron chi connectivity index (χ4n) is 1.16. The Hall–Kier alpha value is -1.64. The lowest BCUT2D eigenvalue weighted by Crippen LogP contribution is -2.18. The van der Waals surface area contributed by atoms with E-state index in [1.807, 2.05) is 37.5 Å². The zero-order valence-corrected chi connectivity index (χ0v) is 6.78. The minimum absolute atomic E-state index is 0.286. The molecule has 1 aromatic heterocycles. The fraction of sp³-hybridized carbons (Fsp3) is 0.111. The average molecular weight is 159 g/mol. The summed E-state index contributed by atoms with van der Waals surface area (Å²) in [5.74, 6) is 0. The van der Waals surface area contributed by atoms with Crippen LogP contribution in [0.1, 0.15) is 0 Å². The summed E-state index contributed by atoms with van der Waals surface area (Å²) >= 11 is 0. The number of aromatic nitrogens is 2. The Morgan fingerprint density at radius 2 is 2.08 bits per heavy atom. The van der Waals surface area contributed by atoms with Crippen molar-refractivity contribution >= 4 is 10.9 Å². The van der Waals surface area contributed by atoms with Crippen LogP contribution in [-0.4, -0.2) is 9.55 Å². The number of rotatable bonds is 0. The van der Waals surface area contributed by atoms with E-state index in [0.29, 0.717) is 0 Å². The third-order valence-electron chi connectivity index (χ3n) is 1.83. The van der Waals surface area contributed by atoms with Crippen molar-refractivity contribution < 1.29 is 0 Å². The zero-order valence-electron chi connectivity index (χ0n) is 6.78. The topological polar surface area (TPSA) is 41.7 Å². The second kappa shape index (κ2) is 2.44. The lowest BCUT2D eigenvalue weighted by Gasteiger charge is -1.99. The van der Waals surface area contributed by atoms with Gasteiger partial charge in [-0.15, -0.1) is 0 Å². The number of fused-ring (bicyclic) bond motifs is 1. The first-order valence-electron chi connectivity index (χ1n) is 3.74. The Kier molecular flexibility index (Phi) is 1.43. The van der Waals surface area contributed by atoms with E-state index in [9.17, 15) is 0 Å². The Morgan fingerprint density at radius 1 is 1.33 bits per heavy atom. The molecular weight excluding hydrogens is 150 g/mol. The number of hydrogen-bond donors (Lipinski definition) is 1. The number of para-hydroxylation sites is 1. The predicted octanol–water partition coefficient (Wildman–Crippen LogP) is 1.05. The molecule has 0 saturated heterocycles. The second-order valence-electron chi connectivity index (χ2n) is 2.73. The van der Waals surface area contributed by atoms with Crippen LogP contribution in [0.15, 0.2) is 30.5 Å². The van der Waals surface area contributed by atoms with Gasteiger partial charge in [0.05, 0.1) is 5.52 Å². The van der Waals surface area contributed by atoms with Crippen LogP contribution >= 0.6 is 0 Å². The molecule has 3 heteroatoms. The molecular formula is C9H9N3. The SMILES string of the molecule is Cn1cc2ccccc2nc1=N. The molecule has 0 bridgehead atoms. The first-order chi connectivity index (χ1) is 5.77. The Bertz CT molecular complexity index is 470. The molecule has 2 aromatic rings. The van der Waals surface area contributed by atoms with Gasteiger partial charge in [-0.3, -0.25) is 5.41 Å². The van der Waals surface area contributed by atoms with Gasteiger partial charge in [-0.2, -0.15) is 0 Å². The van der Waals surface area contributed by atoms with Crippen molar-refractivity contribution in [2.24, 2.45) is 7.05 Å². The molecule has 0 aliphatic heterocycles. The molecule has 3 nitrogen and oxygen atoms in total. The van der Waals surface area contributed by atoms with Gasteiger partial charge in [0.1, 0.15) is 0 Å². The summed E-state index contributed by atoms with van der Waals surface area (Å²) in [6.45, 7) is 0. The molecule has 0 radical (unpaired) electrons. The van der Waals surface area contributed by atoms with Gasteiger partial charge in [0.15, 0.2) is 0 Å². The molecule has 12 heavy (non-hydrogen) atoms. The molecule has 0 aliphatic carbocycles. The van der Waals surface area contributed by atoms with Crippen LogP contribution in [0, 0.1) is 5.41 Å². The van der Waals surface area contributed by atoms with E-state index in [1.165, 1.54) is 0 Å². The maximum atomic E-state index is 7.45. The number of nitrogens with zero attached hydrogens (tertiary/aromatic N) is 2. The highest BCUT2D eigenvalue weighted by atomic mass is 15.0. The first kappa shape index (κ1) is 7.03. The lowest BCUT2D eigenvalue weighted by atomic mass is 10.2. The summed E-state index contributed by atoms with van der Waals surface area (Å²) in [6, 6.07) is 7.79. The largest absolute Gasteiger partial charge is 0.320 e. The summed E-state index contributed by atoms with van der Waals surface area (Å²) in [6.07, 6.45) is 1.91. The maximum absolute atomic E-state index is 7.45. The molecule has 0 fully saturated rings. The van der Waals surface area contributed by atoms with Crippen LogP contribution in [0.2, 0.25) is 0 Å². The molecule has 0 amide bonds. The van der Waals surface area contributed by atoms with E-state index < -0.39 is 0 Å². The van der Waals surface area contributed by atoms with Crippen LogP contribution in [0.5, 0.6) is 0 Å². The number of benzene rings is 1. The van der Waals surface area contributed by atoms with Crippen molar-refractivity contribution in [3.63, 3.8) is 0 Å². The van der Waals surface area contributed by atoms with Gasteiger partial charge in [-0.05, 0) is 6.07 Å². The summed E-state index contributed by atoms with van der Waals surface area (Å²) in [7, 11) is 1.82. The van der Waals surface area contributed by atoms with E-state index in [4.69, 9.17) is 5.41 Å². The average Bonchev–Trinajstić information content (AvgIpc) is 2.07. The van der Waals surface area contributed by atoms with E-state index >= 15 is 0 Å². The molecule has 0 unspecified atom stereocenters. The number of hydrogen-bond acceptors (Lipinski definition) is 2. The van der Waals surface area contributed by atoms with E-state index in [2.05, 4.69) is 4.98 Å². The van der Waals surface area contributed by atoms with Crippen molar-refractivity contribution in [3.05, 3.63) is 36.1 Å². The normalized spacial score (nSPS) is 10.4. The molecule has 1 N–H and O–H groups in total. The van der Waals surface area contributed by atoms with E-state index in [1.54, 1.807) is 4.57 Å². The third-order valence-corrected chi connectivity index (χ3v) is 1.83. The summed E-state index contributed by atoms with van der Waals surface area (Å²) in [4.78, 5) is 4.10. The summed E-state index contributed by atoms with van der Waals surface area (Å²) < 4.78 is 1.70. The van der Waals surface area contributed by atoms with Gasteiger partial charge in [-0.25, -0.2) is 4.98 Å². The monoisotopic (exact) mass is 159 g/mol. The maximum Gasteiger partial charge on any atom is 0.222 e. The van der Waals surface area contributed by atoms with Gasteiger partial charge in [0.25, 0.3) is 0 Å². The minimum atomic E-state index is 0.286. The van der Waals surface area contributed by atoms with Crippen molar-refractivity contribution in [1.82, 2.24) is 9.55 Å². The van der Waals surface area contributed by atoms with Gasteiger partial charge in [0, 0.05) is 18.6 Å². The highest BCUT2D eigenvalue weighted by molar-refractivity contribution is 5.76. The molecule has 0 atom stereocenters. The standard InChI is InChI=1S/C9H9N3/c1-12-6-7-4-2-3-5-8(7)11-9(12)10/h2-6,10H,1H3. The smallest absolute Gasteiger partial charge is 0.222 e. The molecule has 0 aliphatic rings. The van der Waals surface area contributed by atoms with Crippen molar-refractivity contribution in [1.29, 1.82) is 5.41 Å². The first-order valence-corrected chi connectivity index (χ1v) is 3.74. The Labute approximate surface area is 69.8 Å². The quantitative estimate of drug-likeness (QED) is 0.613. The summed E-state index contributed by atoms with van der Waals surface area (Å²) in [5.41, 5.74) is 1.16. The molecule has 1 heterocycles. The Balaban J connectivity index is 2.93. The summed E-state index contributed by atoms with van der Waals surface area (Å²) in [5, 5.41) is 8.52. The number of nitrogens with one attached hydrogen (secondary N) is 1. The van der Waals surface area contributed by atoms with Crippen molar-refractivity contribution in [2.45, 2.75) is 0 Å². The van der Waals surface area contributed by atoms with Crippen LogP contribution < -0.4 is 5.62 Å². The highest BCUT2D eigenvalue weighted by Gasteiger charge is 1.93. The van der Waals surface area contributed by atoms with Gasteiger partial charge < -0.3 is 4.57 Å². The van der Waals surface area contributed by atoms with E-state index in [0.717, 1.165) is 10.9 Å². The fourth-order valence-corrected chi connectivity index (χ4v) is 1.16. The minimum Gasteiger partial charge on any atom is -0.320 e. The molecule has 2 rings (SSSR count). The van der Waals surface area contributed by atoms with Crippen molar-refractivity contribution in [2.75, 3.05) is 0 Å². The number of aryl methyl sites for hydroxylation is 1. The molecule has 0 spiro atoms. The van der Waals surface area contributed by atoms with Gasteiger partial charge in [-0.1, -0.05) is 18.2 Å². The van der Waals surface area contributed by atoms with Crippen LogP contribution in [0.4, 0.5) is 0 Å². The lowest BCUT2D eigenvalue weighted by molar-refractivity contribution is 0.778. The zero-order chi connectivity index (χ0) is 8.55. The highest BCUT2D eigenvalue weighted by Crippen LogP contribution is 2.06. The van der Waals surface area contributed by atoms with Gasteiger partial charge in [0.2, 0.25) is 5.62 Å². The van der Waals surface area contributed by atoms with Crippen LogP contribution in [0.3, 0.4) is 0 Å². The molecule has 0 saturated carbocycles. The second-order valence-corrected chi connectivity index (χ2v) is 2.73. The Morgan fingerprint density at radius 3 is 2.92 bits per heavy atom. The third kappa shape index (κ3) is 0.993. The molecule has 60 valence electrons. The predicted molar refractivity (Wildman–Crippen MR) is 46.6 cm³/mol. The van der Waals surface area contributed by atoms with Crippen molar-refractivity contribution in [3.8, 4) is 0 Å².